The predicted octanol–water partition coefficient (Wildman–Crippen LogP) is 1.75. The first-order valence-electron chi connectivity index (χ1n) is 11.3. The highest BCUT2D eigenvalue weighted by atomic mass is 32.2. The number of nitrogens with two attached hydrogens (primary N) is 1. The number of rotatable bonds is 7. The molecule has 11 nitrogen and oxygen atoms in total. The van der Waals surface area contributed by atoms with Crippen molar-refractivity contribution < 1.29 is 27.5 Å². The van der Waals surface area contributed by atoms with Crippen molar-refractivity contribution in [2.75, 3.05) is 26.1 Å². The SMILES string of the molecule is COc1ccc(CC(=O)NC(=N)N2CCCC[C@@H]2C(=O)Nc2cc(S(N)(=O)=O)ccc2C)cc1OC. The fraction of sp³-hybridized carbons (Fsp3) is 0.375. The topological polar surface area (TPSA) is 164 Å². The number of anilines is 1. The molecule has 0 radical (unpaired) electrons. The number of sulfonamides is 1. The third kappa shape index (κ3) is 6.52. The van der Waals surface area contributed by atoms with Gasteiger partial charge in [-0.05, 0) is 61.6 Å². The molecule has 0 spiro atoms. The summed E-state index contributed by atoms with van der Waals surface area (Å²) in [6.45, 7) is 2.15. The number of nitrogens with zero attached hydrogens (tertiary/aromatic N) is 1. The fourth-order valence-corrected chi connectivity index (χ4v) is 4.56. The molecule has 1 atom stereocenters. The Morgan fingerprint density at radius 1 is 1.11 bits per heavy atom. The number of carbonyl (C=O) groups excluding carboxylic acids is 2. The maximum Gasteiger partial charge on any atom is 0.247 e. The molecule has 194 valence electrons. The average molecular weight is 518 g/mol. The van der Waals surface area contributed by atoms with Gasteiger partial charge in [-0.1, -0.05) is 12.1 Å². The number of ether oxygens (including phenoxy) is 2. The van der Waals surface area contributed by atoms with Crippen LogP contribution in [-0.2, 0) is 26.0 Å². The summed E-state index contributed by atoms with van der Waals surface area (Å²) in [5.74, 6) is 0.0566. The molecule has 3 rings (SSSR count). The van der Waals surface area contributed by atoms with Gasteiger partial charge in [-0.25, -0.2) is 13.6 Å². The smallest absolute Gasteiger partial charge is 0.247 e. The number of carbonyl (C=O) groups is 2. The number of amides is 2. The molecule has 1 saturated heterocycles. The second kappa shape index (κ2) is 11.4. The molecule has 5 N–H and O–H groups in total. The molecule has 1 fully saturated rings. The maximum absolute atomic E-state index is 13.1. The van der Waals surface area contributed by atoms with E-state index in [0.717, 1.165) is 12.8 Å². The van der Waals surface area contributed by atoms with Gasteiger partial charge in [0.2, 0.25) is 21.8 Å². The van der Waals surface area contributed by atoms with Gasteiger partial charge in [-0.2, -0.15) is 0 Å². The van der Waals surface area contributed by atoms with Gasteiger partial charge >= 0.3 is 0 Å². The number of benzene rings is 2. The van der Waals surface area contributed by atoms with Crippen molar-refractivity contribution in [2.24, 2.45) is 5.14 Å². The van der Waals surface area contributed by atoms with Crippen LogP contribution in [0.5, 0.6) is 11.5 Å². The van der Waals surface area contributed by atoms with E-state index >= 15 is 0 Å². The number of hydrogen-bond acceptors (Lipinski definition) is 7. The molecular weight excluding hydrogens is 486 g/mol. The number of methoxy groups -OCH3 is 2. The predicted molar refractivity (Wildman–Crippen MR) is 135 cm³/mol. The van der Waals surface area contributed by atoms with Crippen molar-refractivity contribution in [3.63, 3.8) is 0 Å². The summed E-state index contributed by atoms with van der Waals surface area (Å²) in [6.07, 6.45) is 2.02. The highest BCUT2D eigenvalue weighted by Gasteiger charge is 2.31. The molecule has 1 aliphatic heterocycles. The number of piperidine rings is 1. The van der Waals surface area contributed by atoms with Crippen LogP contribution in [0.2, 0.25) is 0 Å². The van der Waals surface area contributed by atoms with Gasteiger partial charge in [0.25, 0.3) is 0 Å². The molecule has 0 bridgehead atoms. The Kier molecular flexibility index (Phi) is 8.53. The second-order valence-electron chi connectivity index (χ2n) is 8.48. The monoisotopic (exact) mass is 517 g/mol. The summed E-state index contributed by atoms with van der Waals surface area (Å²) in [7, 11) is -0.905. The van der Waals surface area contributed by atoms with Crippen LogP contribution in [0.1, 0.15) is 30.4 Å². The van der Waals surface area contributed by atoms with E-state index in [1.54, 1.807) is 36.1 Å². The lowest BCUT2D eigenvalue weighted by atomic mass is 10.0. The summed E-state index contributed by atoms with van der Waals surface area (Å²) in [6, 6.07) is 8.67. The van der Waals surface area contributed by atoms with Gasteiger partial charge in [0, 0.05) is 12.2 Å². The molecular formula is C24H31N5O6S. The largest absolute Gasteiger partial charge is 0.493 e. The summed E-state index contributed by atoms with van der Waals surface area (Å²) in [5.41, 5.74) is 1.66. The van der Waals surface area contributed by atoms with E-state index in [1.165, 1.54) is 26.4 Å². The molecule has 36 heavy (non-hydrogen) atoms. The van der Waals surface area contributed by atoms with Crippen LogP contribution >= 0.6 is 0 Å². The minimum absolute atomic E-state index is 0.00693. The van der Waals surface area contributed by atoms with Gasteiger partial charge in [0.05, 0.1) is 25.5 Å². The zero-order valence-electron chi connectivity index (χ0n) is 20.5. The summed E-state index contributed by atoms with van der Waals surface area (Å²) in [5, 5.41) is 19.0. The first kappa shape index (κ1) is 27.0. The van der Waals surface area contributed by atoms with Crippen molar-refractivity contribution >= 4 is 33.5 Å². The zero-order chi connectivity index (χ0) is 26.5. The van der Waals surface area contributed by atoms with E-state index in [9.17, 15) is 18.0 Å². The zero-order valence-corrected chi connectivity index (χ0v) is 21.3. The first-order valence-corrected chi connectivity index (χ1v) is 12.9. The number of primary sulfonamides is 1. The molecule has 0 aliphatic carbocycles. The van der Waals surface area contributed by atoms with E-state index in [-0.39, 0.29) is 17.3 Å². The van der Waals surface area contributed by atoms with Crippen LogP contribution in [0.15, 0.2) is 41.3 Å². The van der Waals surface area contributed by atoms with E-state index in [0.29, 0.717) is 41.3 Å². The molecule has 0 saturated carbocycles. The van der Waals surface area contributed by atoms with Crippen LogP contribution in [0.3, 0.4) is 0 Å². The minimum atomic E-state index is -3.93. The van der Waals surface area contributed by atoms with E-state index in [2.05, 4.69) is 10.6 Å². The van der Waals surface area contributed by atoms with Crippen LogP contribution in [-0.4, -0.2) is 57.9 Å². The van der Waals surface area contributed by atoms with Crippen molar-refractivity contribution in [3.05, 3.63) is 47.5 Å². The molecule has 0 unspecified atom stereocenters. The van der Waals surface area contributed by atoms with Crippen LogP contribution in [0, 0.1) is 12.3 Å². The van der Waals surface area contributed by atoms with Crippen LogP contribution < -0.4 is 25.2 Å². The molecule has 2 aromatic rings. The Morgan fingerprint density at radius 2 is 1.83 bits per heavy atom. The van der Waals surface area contributed by atoms with Gasteiger partial charge < -0.3 is 19.7 Å². The lowest BCUT2D eigenvalue weighted by Crippen LogP contribution is -2.54. The third-order valence-corrected chi connectivity index (χ3v) is 6.87. The van der Waals surface area contributed by atoms with Crippen molar-refractivity contribution in [2.45, 2.75) is 43.5 Å². The van der Waals surface area contributed by atoms with E-state index in [1.807, 2.05) is 0 Å². The van der Waals surface area contributed by atoms with Crippen molar-refractivity contribution in [3.8, 4) is 11.5 Å². The van der Waals surface area contributed by atoms with E-state index < -0.39 is 27.9 Å². The Bertz CT molecular complexity index is 1260. The molecule has 12 heteroatoms. The molecule has 2 amide bonds. The normalized spacial score (nSPS) is 15.7. The van der Waals surface area contributed by atoms with Crippen molar-refractivity contribution in [1.29, 1.82) is 5.41 Å². The van der Waals surface area contributed by atoms with Gasteiger partial charge in [0.15, 0.2) is 17.5 Å². The first-order chi connectivity index (χ1) is 17.0. The van der Waals surface area contributed by atoms with Crippen LogP contribution in [0.4, 0.5) is 5.69 Å². The number of nitrogens with one attached hydrogen (secondary N) is 3. The Balaban J connectivity index is 1.69. The molecule has 1 heterocycles. The Hall–Kier alpha value is -3.64. The highest BCUT2D eigenvalue weighted by molar-refractivity contribution is 7.89. The number of likely N-dealkylation sites (tertiary alicyclic amines) is 1. The Labute approximate surface area is 210 Å². The second-order valence-corrected chi connectivity index (χ2v) is 10.0. The number of aryl methyl sites for hydroxylation is 1. The lowest BCUT2D eigenvalue weighted by molar-refractivity contribution is -0.122. The van der Waals surface area contributed by atoms with Crippen LogP contribution in [0.25, 0.3) is 0 Å². The summed E-state index contributed by atoms with van der Waals surface area (Å²) < 4.78 is 33.9. The maximum atomic E-state index is 13.1. The fourth-order valence-electron chi connectivity index (χ4n) is 4.02. The Morgan fingerprint density at radius 3 is 2.50 bits per heavy atom. The van der Waals surface area contributed by atoms with Gasteiger partial charge in [0.1, 0.15) is 6.04 Å². The van der Waals surface area contributed by atoms with Crippen molar-refractivity contribution in [1.82, 2.24) is 10.2 Å². The summed E-state index contributed by atoms with van der Waals surface area (Å²) in [4.78, 5) is 27.2. The number of guanidine groups is 1. The molecule has 0 aromatic heterocycles. The number of hydrogen-bond donors (Lipinski definition) is 4. The lowest BCUT2D eigenvalue weighted by Gasteiger charge is -2.36. The van der Waals surface area contributed by atoms with E-state index in [4.69, 9.17) is 20.0 Å². The quantitative estimate of drug-likeness (QED) is 0.321. The third-order valence-electron chi connectivity index (χ3n) is 5.96. The standard InChI is InChI=1S/C24H31N5O6S/c1-15-7-9-17(36(26,32)33)14-18(15)27-23(31)19-6-4-5-11-29(19)24(25)28-22(30)13-16-8-10-20(34-2)21(12-16)35-3/h7-10,12,14,19H,4-6,11,13H2,1-3H3,(H,27,31)(H2,25,28,30)(H2,26,32,33)/t19-/m1/s1. The highest BCUT2D eigenvalue weighted by Crippen LogP contribution is 2.28. The summed E-state index contributed by atoms with van der Waals surface area (Å²) >= 11 is 0. The van der Waals surface area contributed by atoms with Gasteiger partial charge in [-0.15, -0.1) is 0 Å². The average Bonchev–Trinajstić information content (AvgIpc) is 2.84. The molecule has 1 aliphatic rings. The minimum Gasteiger partial charge on any atom is -0.493 e. The molecule has 2 aromatic carbocycles. The van der Waals surface area contributed by atoms with Gasteiger partial charge in [-0.3, -0.25) is 20.3 Å².